The number of pyridine rings is 1. The van der Waals surface area contributed by atoms with Crippen molar-refractivity contribution in [2.75, 3.05) is 44.7 Å². The summed E-state index contributed by atoms with van der Waals surface area (Å²) in [4.78, 5) is 33.6. The molecule has 2 heterocycles. The number of nitrogens with one attached hydrogen (secondary N) is 1. The number of rotatable bonds is 10. The van der Waals surface area contributed by atoms with Crippen molar-refractivity contribution in [3.8, 4) is 5.75 Å². The first-order valence-electron chi connectivity index (χ1n) is 10.9. The molecule has 0 bridgehead atoms. The van der Waals surface area contributed by atoms with Crippen molar-refractivity contribution in [3.63, 3.8) is 0 Å². The summed E-state index contributed by atoms with van der Waals surface area (Å²) in [5.41, 5.74) is 0.652. The van der Waals surface area contributed by atoms with Gasteiger partial charge in [0.05, 0.1) is 7.11 Å². The Morgan fingerprint density at radius 3 is 2.45 bits per heavy atom. The number of nitrogens with zero attached hydrogens (tertiary/aromatic N) is 3. The Kier molecular flexibility index (Phi) is 8.41. The number of ether oxygens (including phenoxy) is 1. The third-order valence-electron chi connectivity index (χ3n) is 5.50. The van der Waals surface area contributed by atoms with E-state index in [9.17, 15) is 9.59 Å². The predicted molar refractivity (Wildman–Crippen MR) is 122 cm³/mol. The molecule has 1 atom stereocenters. The maximum Gasteiger partial charge on any atom is 0.220 e. The Morgan fingerprint density at radius 2 is 1.81 bits per heavy atom. The molecule has 1 unspecified atom stereocenters. The van der Waals surface area contributed by atoms with E-state index in [0.29, 0.717) is 24.8 Å². The van der Waals surface area contributed by atoms with E-state index in [1.165, 1.54) is 0 Å². The van der Waals surface area contributed by atoms with Gasteiger partial charge in [0.2, 0.25) is 5.91 Å². The van der Waals surface area contributed by atoms with Gasteiger partial charge < -0.3 is 15.0 Å². The summed E-state index contributed by atoms with van der Waals surface area (Å²) >= 11 is 0. The fraction of sp³-hybridized carbons (Fsp3) is 0.458. The van der Waals surface area contributed by atoms with Gasteiger partial charge in [-0.2, -0.15) is 0 Å². The summed E-state index contributed by atoms with van der Waals surface area (Å²) in [6, 6.07) is 13.1. The number of amides is 1. The Morgan fingerprint density at radius 1 is 1.06 bits per heavy atom. The average Bonchev–Trinajstić information content (AvgIpc) is 2.80. The van der Waals surface area contributed by atoms with Gasteiger partial charge in [-0.15, -0.1) is 0 Å². The minimum Gasteiger partial charge on any atom is -0.497 e. The second kappa shape index (κ2) is 11.5. The highest BCUT2D eigenvalue weighted by Crippen LogP contribution is 2.14. The highest BCUT2D eigenvalue weighted by molar-refractivity contribution is 5.96. The molecule has 0 aliphatic carbocycles. The number of piperazine rings is 1. The van der Waals surface area contributed by atoms with Crippen LogP contribution in [0.4, 0.5) is 5.82 Å². The summed E-state index contributed by atoms with van der Waals surface area (Å²) < 4.78 is 5.11. The Labute approximate surface area is 184 Å². The molecule has 1 fully saturated rings. The van der Waals surface area contributed by atoms with Crippen molar-refractivity contribution in [1.82, 2.24) is 15.2 Å². The number of hydrogen-bond donors (Lipinski definition) is 1. The fourth-order valence-electron chi connectivity index (χ4n) is 3.81. The third-order valence-corrected chi connectivity index (χ3v) is 5.50. The van der Waals surface area contributed by atoms with Crippen LogP contribution in [0.5, 0.6) is 5.75 Å². The van der Waals surface area contributed by atoms with E-state index < -0.39 is 0 Å². The molecule has 0 saturated carbocycles. The molecular formula is C24H32N4O3. The van der Waals surface area contributed by atoms with Crippen LogP contribution in [0, 0.1) is 0 Å². The summed E-state index contributed by atoms with van der Waals surface area (Å²) in [6.07, 6.45) is 3.10. The van der Waals surface area contributed by atoms with Gasteiger partial charge >= 0.3 is 0 Å². The molecule has 7 nitrogen and oxygen atoms in total. The number of hydrogen-bond acceptors (Lipinski definition) is 6. The van der Waals surface area contributed by atoms with Gasteiger partial charge in [-0.1, -0.05) is 6.07 Å². The smallest absolute Gasteiger partial charge is 0.220 e. The zero-order valence-corrected chi connectivity index (χ0v) is 18.4. The molecule has 31 heavy (non-hydrogen) atoms. The molecule has 1 aromatic heterocycles. The number of carbonyl (C=O) groups excluding carboxylic acids is 2. The first kappa shape index (κ1) is 22.7. The van der Waals surface area contributed by atoms with Gasteiger partial charge in [-0.25, -0.2) is 4.98 Å². The lowest BCUT2D eigenvalue weighted by Gasteiger charge is -2.36. The standard InChI is InChI=1S/C24H32N4O3/c1-19(18-27-14-16-28(17-15-27)23-7-3-4-13-25-23)26-24(30)8-5-6-22(29)20-9-11-21(31-2)12-10-20/h3-4,7,9-13,19H,5-6,8,14-18H2,1-2H3,(H,26,30). The minimum absolute atomic E-state index is 0.00199. The molecule has 1 aromatic carbocycles. The number of methoxy groups -OCH3 is 1. The lowest BCUT2D eigenvalue weighted by atomic mass is 10.1. The normalized spacial score (nSPS) is 15.4. The van der Waals surface area contributed by atoms with Gasteiger partial charge in [-0.3, -0.25) is 14.5 Å². The number of aromatic nitrogens is 1. The van der Waals surface area contributed by atoms with E-state index in [4.69, 9.17) is 4.74 Å². The second-order valence-corrected chi connectivity index (χ2v) is 7.95. The average molecular weight is 425 g/mol. The van der Waals surface area contributed by atoms with Crippen LogP contribution in [-0.4, -0.2) is 67.4 Å². The number of Topliss-reactive ketones (excluding diaryl/α,β-unsaturated/α-hetero) is 1. The molecule has 1 aliphatic heterocycles. The van der Waals surface area contributed by atoms with E-state index in [0.717, 1.165) is 44.3 Å². The monoisotopic (exact) mass is 424 g/mol. The largest absolute Gasteiger partial charge is 0.497 e. The zero-order valence-electron chi connectivity index (χ0n) is 18.4. The van der Waals surface area contributed by atoms with Crippen LogP contribution in [0.2, 0.25) is 0 Å². The van der Waals surface area contributed by atoms with Crippen LogP contribution < -0.4 is 15.0 Å². The third kappa shape index (κ3) is 7.07. The Bertz CT molecular complexity index is 834. The molecule has 0 spiro atoms. The lowest BCUT2D eigenvalue weighted by molar-refractivity contribution is -0.121. The highest BCUT2D eigenvalue weighted by Gasteiger charge is 2.20. The molecule has 3 rings (SSSR count). The van der Waals surface area contributed by atoms with Gasteiger partial charge in [0.1, 0.15) is 11.6 Å². The summed E-state index contributed by atoms with van der Waals surface area (Å²) in [7, 11) is 1.60. The molecule has 1 N–H and O–H groups in total. The fourth-order valence-corrected chi connectivity index (χ4v) is 3.81. The van der Waals surface area contributed by atoms with Crippen molar-refractivity contribution < 1.29 is 14.3 Å². The number of benzene rings is 1. The second-order valence-electron chi connectivity index (χ2n) is 7.95. The number of anilines is 1. The van der Waals surface area contributed by atoms with Crippen LogP contribution in [-0.2, 0) is 4.79 Å². The lowest BCUT2D eigenvalue weighted by Crippen LogP contribution is -2.51. The quantitative estimate of drug-likeness (QED) is 0.591. The SMILES string of the molecule is COc1ccc(C(=O)CCCC(=O)NC(C)CN2CCN(c3ccccn3)CC2)cc1. The number of carbonyl (C=O) groups is 2. The van der Waals surface area contributed by atoms with Gasteiger partial charge in [0.15, 0.2) is 5.78 Å². The summed E-state index contributed by atoms with van der Waals surface area (Å²) in [5.74, 6) is 1.80. The van der Waals surface area contributed by atoms with Gasteiger partial charge in [-0.05, 0) is 49.7 Å². The molecule has 7 heteroatoms. The van der Waals surface area contributed by atoms with Crippen molar-refractivity contribution in [1.29, 1.82) is 0 Å². The van der Waals surface area contributed by atoms with Crippen molar-refractivity contribution in [3.05, 3.63) is 54.2 Å². The molecule has 1 aliphatic rings. The first-order valence-corrected chi connectivity index (χ1v) is 10.9. The van der Waals surface area contributed by atoms with Crippen LogP contribution >= 0.6 is 0 Å². The molecule has 0 radical (unpaired) electrons. The van der Waals surface area contributed by atoms with Gasteiger partial charge in [0, 0.05) is 63.4 Å². The molecule has 1 saturated heterocycles. The van der Waals surface area contributed by atoms with Gasteiger partial charge in [0.25, 0.3) is 0 Å². The predicted octanol–water partition coefficient (Wildman–Crippen LogP) is 2.77. The first-order chi connectivity index (χ1) is 15.0. The number of ketones is 1. The molecule has 166 valence electrons. The van der Waals surface area contributed by atoms with E-state index in [1.54, 1.807) is 31.4 Å². The highest BCUT2D eigenvalue weighted by atomic mass is 16.5. The zero-order chi connectivity index (χ0) is 22.1. The van der Waals surface area contributed by atoms with E-state index in [1.807, 2.05) is 31.3 Å². The van der Waals surface area contributed by atoms with Crippen LogP contribution in [0.1, 0.15) is 36.5 Å². The van der Waals surface area contributed by atoms with Crippen LogP contribution in [0.15, 0.2) is 48.7 Å². The maximum absolute atomic E-state index is 12.3. The maximum atomic E-state index is 12.3. The summed E-state index contributed by atoms with van der Waals surface area (Å²) in [6.45, 7) is 6.63. The van der Waals surface area contributed by atoms with Crippen molar-refractivity contribution in [2.24, 2.45) is 0 Å². The summed E-state index contributed by atoms with van der Waals surface area (Å²) in [5, 5.41) is 3.06. The topological polar surface area (TPSA) is 74.8 Å². The van der Waals surface area contributed by atoms with Crippen LogP contribution in [0.3, 0.4) is 0 Å². The minimum atomic E-state index is 0.00199. The molecule has 1 amide bonds. The van der Waals surface area contributed by atoms with E-state index in [-0.39, 0.29) is 17.7 Å². The van der Waals surface area contributed by atoms with Crippen molar-refractivity contribution >= 4 is 17.5 Å². The van der Waals surface area contributed by atoms with E-state index >= 15 is 0 Å². The Hall–Kier alpha value is -2.93. The Balaban J connectivity index is 1.32. The van der Waals surface area contributed by atoms with Crippen LogP contribution in [0.25, 0.3) is 0 Å². The molecular weight excluding hydrogens is 392 g/mol. The van der Waals surface area contributed by atoms with Crippen molar-refractivity contribution in [2.45, 2.75) is 32.2 Å². The van der Waals surface area contributed by atoms with E-state index in [2.05, 4.69) is 20.1 Å². The molecule has 2 aromatic rings.